The molecule has 1 amide bonds. The lowest BCUT2D eigenvalue weighted by Crippen LogP contribution is -2.16. The number of phenolic OH excluding ortho intramolecular Hbond substituents is 1. The second-order valence-corrected chi connectivity index (χ2v) is 6.29. The number of rotatable bonds is 2. The van der Waals surface area contributed by atoms with Gasteiger partial charge >= 0.3 is 6.18 Å². The van der Waals surface area contributed by atoms with Gasteiger partial charge in [0.15, 0.2) is 11.3 Å². The number of hydrogen-bond donors (Lipinski definition) is 3. The van der Waals surface area contributed by atoms with Gasteiger partial charge in [0.05, 0.1) is 21.7 Å². The van der Waals surface area contributed by atoms with E-state index in [1.807, 2.05) is 0 Å². The van der Waals surface area contributed by atoms with E-state index in [1.165, 1.54) is 19.1 Å². The number of anilines is 1. The molecule has 12 heteroatoms. The van der Waals surface area contributed by atoms with Gasteiger partial charge in [0.1, 0.15) is 22.4 Å². The molecule has 0 aliphatic heterocycles. The molecule has 0 unspecified atom stereocenters. The van der Waals surface area contributed by atoms with Crippen LogP contribution in [0.2, 0.25) is 10.0 Å². The summed E-state index contributed by atoms with van der Waals surface area (Å²) in [5.41, 5.74) is 8.64. The fourth-order valence-corrected chi connectivity index (χ4v) is 3.26. The number of benzene rings is 1. The van der Waals surface area contributed by atoms with E-state index in [1.54, 1.807) is 0 Å². The lowest BCUT2D eigenvalue weighted by molar-refractivity contribution is -0.139. The summed E-state index contributed by atoms with van der Waals surface area (Å²) in [6.45, 7) is 1.23. The minimum Gasteiger partial charge on any atom is -0.506 e. The molecular formula is C15H10Cl2F3N5O2. The lowest BCUT2D eigenvalue weighted by Gasteiger charge is -2.13. The summed E-state index contributed by atoms with van der Waals surface area (Å²) >= 11 is 12.2. The van der Waals surface area contributed by atoms with E-state index in [0.717, 1.165) is 4.57 Å². The molecule has 0 radical (unpaired) electrons. The van der Waals surface area contributed by atoms with Gasteiger partial charge in [-0.05, 0) is 19.1 Å². The predicted octanol–water partition coefficient (Wildman–Crippen LogP) is 3.44. The zero-order chi connectivity index (χ0) is 20.3. The van der Waals surface area contributed by atoms with Crippen molar-refractivity contribution in [3.8, 4) is 11.4 Å². The Morgan fingerprint density at radius 2 is 1.89 bits per heavy atom. The number of carbonyl (C=O) groups is 1. The van der Waals surface area contributed by atoms with Gasteiger partial charge in [-0.25, -0.2) is 9.97 Å². The third-order valence-electron chi connectivity index (χ3n) is 3.75. The second kappa shape index (κ2) is 6.17. The van der Waals surface area contributed by atoms with E-state index in [-0.39, 0.29) is 27.2 Å². The Balaban J connectivity index is 2.62. The van der Waals surface area contributed by atoms with Crippen LogP contribution in [0, 0.1) is 6.92 Å². The first-order valence-corrected chi connectivity index (χ1v) is 7.93. The molecule has 1 aromatic carbocycles. The number of carbonyl (C=O) groups excluding carboxylic acids is 1. The van der Waals surface area contributed by atoms with Crippen molar-refractivity contribution >= 4 is 46.0 Å². The van der Waals surface area contributed by atoms with Crippen molar-refractivity contribution in [1.82, 2.24) is 14.5 Å². The molecule has 0 aliphatic rings. The minimum atomic E-state index is -4.92. The third kappa shape index (κ3) is 2.90. The highest BCUT2D eigenvalue weighted by atomic mass is 35.5. The molecule has 0 saturated heterocycles. The van der Waals surface area contributed by atoms with E-state index in [0.29, 0.717) is 0 Å². The number of amides is 1. The lowest BCUT2D eigenvalue weighted by atomic mass is 10.1. The highest BCUT2D eigenvalue weighted by Gasteiger charge is 2.39. The number of nitrogens with zero attached hydrogens (tertiary/aromatic N) is 3. The summed E-state index contributed by atoms with van der Waals surface area (Å²) in [4.78, 5) is 19.2. The monoisotopic (exact) mass is 419 g/mol. The molecule has 27 heavy (non-hydrogen) atoms. The van der Waals surface area contributed by atoms with Crippen molar-refractivity contribution in [3.05, 3.63) is 39.3 Å². The highest BCUT2D eigenvalue weighted by Crippen LogP contribution is 2.43. The van der Waals surface area contributed by atoms with Gasteiger partial charge in [-0.1, -0.05) is 23.2 Å². The van der Waals surface area contributed by atoms with Gasteiger partial charge in [0.25, 0.3) is 5.91 Å². The fourth-order valence-electron chi connectivity index (χ4n) is 2.72. The van der Waals surface area contributed by atoms with Crippen molar-refractivity contribution < 1.29 is 23.1 Å². The van der Waals surface area contributed by atoms with Crippen molar-refractivity contribution in [2.45, 2.75) is 13.1 Å². The molecule has 0 fully saturated rings. The van der Waals surface area contributed by atoms with Crippen LogP contribution in [-0.2, 0) is 6.18 Å². The van der Waals surface area contributed by atoms with Crippen molar-refractivity contribution in [2.24, 2.45) is 5.73 Å². The zero-order valence-corrected chi connectivity index (χ0v) is 14.9. The maximum Gasteiger partial charge on any atom is 0.434 e. The van der Waals surface area contributed by atoms with Crippen molar-refractivity contribution in [2.75, 3.05) is 5.73 Å². The van der Waals surface area contributed by atoms with E-state index in [2.05, 4.69) is 9.97 Å². The van der Waals surface area contributed by atoms with Crippen molar-refractivity contribution in [1.29, 1.82) is 0 Å². The van der Waals surface area contributed by atoms with Crippen LogP contribution >= 0.6 is 23.2 Å². The summed E-state index contributed by atoms with van der Waals surface area (Å²) in [7, 11) is 0. The first-order valence-electron chi connectivity index (χ1n) is 7.18. The summed E-state index contributed by atoms with van der Waals surface area (Å²) < 4.78 is 41.5. The Morgan fingerprint density at radius 1 is 1.26 bits per heavy atom. The molecule has 3 rings (SSSR count). The van der Waals surface area contributed by atoms with Crippen LogP contribution in [0.15, 0.2) is 12.1 Å². The highest BCUT2D eigenvalue weighted by molar-refractivity contribution is 6.39. The third-order valence-corrected chi connectivity index (χ3v) is 4.42. The molecule has 142 valence electrons. The number of phenols is 1. The Labute approximate surface area is 159 Å². The van der Waals surface area contributed by atoms with Gasteiger partial charge in [0, 0.05) is 0 Å². The topological polar surface area (TPSA) is 120 Å². The average molecular weight is 420 g/mol. The van der Waals surface area contributed by atoms with Crippen LogP contribution in [0.1, 0.15) is 21.9 Å². The Bertz CT molecular complexity index is 1110. The largest absolute Gasteiger partial charge is 0.506 e. The fraction of sp³-hybridized carbons (Fsp3) is 0.133. The van der Waals surface area contributed by atoms with Crippen LogP contribution in [0.3, 0.4) is 0 Å². The van der Waals surface area contributed by atoms with Gasteiger partial charge in [0.2, 0.25) is 0 Å². The normalized spacial score (nSPS) is 11.9. The Morgan fingerprint density at radius 3 is 2.44 bits per heavy atom. The molecule has 7 nitrogen and oxygen atoms in total. The number of fused-ring (bicyclic) bond motifs is 1. The average Bonchev–Trinajstić information content (AvgIpc) is 2.82. The molecule has 5 N–H and O–H groups in total. The summed E-state index contributed by atoms with van der Waals surface area (Å²) in [5, 5.41) is 8.82. The standard InChI is InChI=1S/C15H10Cl2F3N5O2/c1-4-23-11(15(18,19)20)7-8(13(22)27)12(21)25(14(7)24-4)10-5(16)2-3-6(26)9(10)17/h2-3,26H,21H2,1H3,(H2,22,27). The van der Waals surface area contributed by atoms with E-state index in [9.17, 15) is 23.1 Å². The number of primary amides is 1. The summed E-state index contributed by atoms with van der Waals surface area (Å²) in [6, 6.07) is 2.44. The molecule has 2 aromatic heterocycles. The van der Waals surface area contributed by atoms with Gasteiger partial charge in [-0.2, -0.15) is 13.2 Å². The second-order valence-electron chi connectivity index (χ2n) is 5.50. The maximum atomic E-state index is 13.5. The van der Waals surface area contributed by atoms with Gasteiger partial charge < -0.3 is 16.6 Å². The zero-order valence-electron chi connectivity index (χ0n) is 13.4. The predicted molar refractivity (Wildman–Crippen MR) is 93.2 cm³/mol. The van der Waals surface area contributed by atoms with Crippen LogP contribution in [0.25, 0.3) is 16.7 Å². The molecule has 0 saturated carbocycles. The number of aromatic hydroxyl groups is 1. The van der Waals surface area contributed by atoms with Gasteiger partial charge in [-0.15, -0.1) is 0 Å². The summed E-state index contributed by atoms with van der Waals surface area (Å²) in [6.07, 6.45) is -4.92. The minimum absolute atomic E-state index is 0.0535. The van der Waals surface area contributed by atoms with Crippen molar-refractivity contribution in [3.63, 3.8) is 0 Å². The van der Waals surface area contributed by atoms with E-state index >= 15 is 0 Å². The first-order chi connectivity index (χ1) is 12.4. The SMILES string of the molecule is Cc1nc(C(F)(F)F)c2c(C(N)=O)c(N)n(-c3c(Cl)ccc(O)c3Cl)c2n1. The smallest absolute Gasteiger partial charge is 0.434 e. The number of alkyl halides is 3. The number of halogens is 5. The number of aromatic nitrogens is 3. The number of nitrogen functional groups attached to an aromatic ring is 1. The van der Waals surface area contributed by atoms with Crippen LogP contribution in [-0.4, -0.2) is 25.5 Å². The molecule has 0 bridgehead atoms. The Kier molecular flexibility index (Phi) is 4.35. The summed E-state index contributed by atoms with van der Waals surface area (Å²) in [5.74, 6) is -2.34. The molecule has 2 heterocycles. The van der Waals surface area contributed by atoms with E-state index < -0.39 is 40.3 Å². The molecule has 3 aromatic rings. The molecular weight excluding hydrogens is 410 g/mol. The van der Waals surface area contributed by atoms with Crippen LogP contribution in [0.4, 0.5) is 19.0 Å². The number of nitrogens with two attached hydrogens (primary N) is 2. The molecule has 0 spiro atoms. The van der Waals surface area contributed by atoms with Crippen LogP contribution < -0.4 is 11.5 Å². The van der Waals surface area contributed by atoms with E-state index in [4.69, 9.17) is 34.7 Å². The number of aryl methyl sites for hydroxylation is 1. The molecule has 0 atom stereocenters. The molecule has 0 aliphatic carbocycles. The Hall–Kier alpha value is -2.72. The van der Waals surface area contributed by atoms with Crippen LogP contribution in [0.5, 0.6) is 5.75 Å². The van der Waals surface area contributed by atoms with Gasteiger partial charge in [-0.3, -0.25) is 9.36 Å². The number of hydrogen-bond acceptors (Lipinski definition) is 5. The first kappa shape index (κ1) is 19.1. The maximum absolute atomic E-state index is 13.5. The quantitative estimate of drug-likeness (QED) is 0.587.